The molecule has 0 spiro atoms. The van der Waals surface area contributed by atoms with Gasteiger partial charge in [0.2, 0.25) is 0 Å². The van der Waals surface area contributed by atoms with Crippen molar-refractivity contribution in [2.45, 2.75) is 136 Å². The molecule has 1 rings (SSSR count). The molecule has 0 aliphatic carbocycles. The van der Waals surface area contributed by atoms with Crippen molar-refractivity contribution in [3.8, 4) is 0 Å². The summed E-state index contributed by atoms with van der Waals surface area (Å²) in [6.07, 6.45) is 20.3. The number of Topliss-reactive ketones (excluding diaryl/α,β-unsaturated/α-hetero) is 1. The number of unbranched alkanes of at least 4 members (excludes halogenated alkanes) is 14. The molecule has 0 aromatic carbocycles. The van der Waals surface area contributed by atoms with E-state index in [0.29, 0.717) is 6.42 Å². The van der Waals surface area contributed by atoms with Crippen LogP contribution >= 0.6 is 0 Å². The Kier molecular flexibility index (Phi) is 14.3. The van der Waals surface area contributed by atoms with Gasteiger partial charge in [-0.3, -0.25) is 9.59 Å². The van der Waals surface area contributed by atoms with E-state index >= 15 is 0 Å². The molecule has 0 fully saturated rings. The average Bonchev–Trinajstić information content (AvgIpc) is 2.98. The molecule has 1 unspecified atom stereocenters. The second-order valence-electron chi connectivity index (χ2n) is 9.71. The Morgan fingerprint density at radius 1 is 0.781 bits per heavy atom. The summed E-state index contributed by atoms with van der Waals surface area (Å²) in [6.45, 7) is 7.77. The number of aliphatic carboxylic acids is 1. The van der Waals surface area contributed by atoms with Crippen molar-refractivity contribution < 1.29 is 14.7 Å². The van der Waals surface area contributed by atoms with Crippen molar-refractivity contribution in [2.75, 3.05) is 0 Å². The second-order valence-corrected chi connectivity index (χ2v) is 9.71. The number of hydrogen-bond donors (Lipinski definition) is 1. The van der Waals surface area contributed by atoms with Gasteiger partial charge < -0.3 is 9.67 Å². The molecule has 32 heavy (non-hydrogen) atoms. The zero-order valence-electron chi connectivity index (χ0n) is 21.6. The van der Waals surface area contributed by atoms with Crippen molar-refractivity contribution in [2.24, 2.45) is 7.05 Å². The van der Waals surface area contributed by atoms with E-state index in [4.69, 9.17) is 0 Å². The van der Waals surface area contributed by atoms with Crippen LogP contribution in [0.3, 0.4) is 0 Å². The summed E-state index contributed by atoms with van der Waals surface area (Å²) >= 11 is 0. The Morgan fingerprint density at radius 2 is 1.19 bits per heavy atom. The maximum absolute atomic E-state index is 12.8. The minimum absolute atomic E-state index is 0.161. The van der Waals surface area contributed by atoms with Crippen LogP contribution in [-0.4, -0.2) is 21.4 Å². The Bertz CT molecular complexity index is 689. The highest BCUT2D eigenvalue weighted by Crippen LogP contribution is 2.29. The van der Waals surface area contributed by atoms with Crippen LogP contribution in [0.15, 0.2) is 0 Å². The number of ketones is 1. The molecular weight excluding hydrogens is 398 g/mol. The number of carbonyl (C=O) groups excluding carboxylic acids is 1. The number of aromatic nitrogens is 1. The van der Waals surface area contributed by atoms with Gasteiger partial charge in [0.15, 0.2) is 5.78 Å². The Morgan fingerprint density at radius 3 is 1.59 bits per heavy atom. The fourth-order valence-corrected chi connectivity index (χ4v) is 4.92. The number of carboxylic acids is 1. The lowest BCUT2D eigenvalue weighted by atomic mass is 9.97. The van der Waals surface area contributed by atoms with Crippen LogP contribution in [0.4, 0.5) is 0 Å². The molecule has 1 N–H and O–H groups in total. The Balaban J connectivity index is 2.16. The quantitative estimate of drug-likeness (QED) is 0.171. The fourth-order valence-electron chi connectivity index (χ4n) is 4.92. The first kappa shape index (κ1) is 28.5. The summed E-state index contributed by atoms with van der Waals surface area (Å²) in [6, 6.07) is 0. The van der Waals surface area contributed by atoms with Gasteiger partial charge in [0.1, 0.15) is 0 Å². The van der Waals surface area contributed by atoms with Gasteiger partial charge in [-0.2, -0.15) is 0 Å². The molecule has 1 aromatic heterocycles. The summed E-state index contributed by atoms with van der Waals surface area (Å²) in [7, 11) is 1.86. The van der Waals surface area contributed by atoms with E-state index in [2.05, 4.69) is 6.92 Å². The molecule has 1 aromatic rings. The first-order valence-corrected chi connectivity index (χ1v) is 13.2. The number of rotatable bonds is 19. The van der Waals surface area contributed by atoms with E-state index < -0.39 is 11.9 Å². The molecule has 184 valence electrons. The lowest BCUT2D eigenvalue weighted by Crippen LogP contribution is -2.13. The van der Waals surface area contributed by atoms with Gasteiger partial charge in [0, 0.05) is 30.4 Å². The van der Waals surface area contributed by atoms with Gasteiger partial charge in [-0.05, 0) is 32.8 Å². The van der Waals surface area contributed by atoms with Crippen LogP contribution in [0, 0.1) is 13.8 Å². The predicted molar refractivity (Wildman–Crippen MR) is 135 cm³/mol. The van der Waals surface area contributed by atoms with E-state index in [-0.39, 0.29) is 5.78 Å². The molecule has 1 heterocycles. The van der Waals surface area contributed by atoms with Crippen LogP contribution in [0.1, 0.15) is 150 Å². The van der Waals surface area contributed by atoms with Crippen molar-refractivity contribution in [1.82, 2.24) is 4.57 Å². The van der Waals surface area contributed by atoms with E-state index in [9.17, 15) is 14.7 Å². The topological polar surface area (TPSA) is 59.3 Å². The van der Waals surface area contributed by atoms with Gasteiger partial charge in [-0.1, -0.05) is 96.8 Å². The number of nitrogens with zero attached hydrogens (tertiary/aromatic N) is 1. The number of carboxylic acid groups (broad SMARTS) is 1. The third-order valence-electron chi connectivity index (χ3n) is 7.05. The molecule has 0 bridgehead atoms. The van der Waals surface area contributed by atoms with E-state index in [0.717, 1.165) is 35.4 Å². The van der Waals surface area contributed by atoms with Crippen LogP contribution < -0.4 is 0 Å². The first-order chi connectivity index (χ1) is 15.3. The minimum Gasteiger partial charge on any atom is -0.481 e. The molecule has 4 nitrogen and oxygen atoms in total. The standard InChI is InChI=1S/C28H49NO3/c1-6-7-8-9-10-11-12-13-14-15-16-17-18-19-20-21-25(30)26-22(2)27(23(3)28(31)32)29(5)24(26)4/h23H,6-21H2,1-5H3,(H,31,32). The number of carbonyl (C=O) groups is 2. The smallest absolute Gasteiger partial charge is 0.312 e. The fraction of sp³-hybridized carbons (Fsp3) is 0.786. The van der Waals surface area contributed by atoms with Gasteiger partial charge in [0.25, 0.3) is 0 Å². The lowest BCUT2D eigenvalue weighted by molar-refractivity contribution is -0.138. The molecule has 0 saturated carbocycles. The Labute approximate surface area is 197 Å². The van der Waals surface area contributed by atoms with E-state index in [1.807, 2.05) is 25.5 Å². The molecule has 0 aliphatic heterocycles. The summed E-state index contributed by atoms with van der Waals surface area (Å²) in [5, 5.41) is 9.38. The SMILES string of the molecule is CCCCCCCCCCCCCCCCCC(=O)c1c(C)c(C(C)C(=O)O)n(C)c1C. The summed E-state index contributed by atoms with van der Waals surface area (Å²) in [5.41, 5.74) is 3.21. The third kappa shape index (κ3) is 9.50. The van der Waals surface area contributed by atoms with Gasteiger partial charge in [0.05, 0.1) is 5.92 Å². The molecule has 0 saturated heterocycles. The third-order valence-corrected chi connectivity index (χ3v) is 7.05. The van der Waals surface area contributed by atoms with Gasteiger partial charge in [-0.15, -0.1) is 0 Å². The summed E-state index contributed by atoms with van der Waals surface area (Å²) < 4.78 is 1.88. The zero-order chi connectivity index (χ0) is 23.9. The zero-order valence-corrected chi connectivity index (χ0v) is 21.6. The van der Waals surface area contributed by atoms with Crippen molar-refractivity contribution in [1.29, 1.82) is 0 Å². The molecule has 4 heteroatoms. The number of hydrogen-bond acceptors (Lipinski definition) is 2. The predicted octanol–water partition coefficient (Wildman–Crippen LogP) is 8.27. The lowest BCUT2D eigenvalue weighted by Gasteiger charge is -2.10. The highest BCUT2D eigenvalue weighted by atomic mass is 16.4. The van der Waals surface area contributed by atoms with Crippen molar-refractivity contribution >= 4 is 11.8 Å². The van der Waals surface area contributed by atoms with Gasteiger partial charge in [-0.25, -0.2) is 0 Å². The van der Waals surface area contributed by atoms with Crippen LogP contribution in [0.2, 0.25) is 0 Å². The average molecular weight is 448 g/mol. The van der Waals surface area contributed by atoms with Crippen molar-refractivity contribution in [3.05, 3.63) is 22.5 Å². The van der Waals surface area contributed by atoms with E-state index in [1.54, 1.807) is 6.92 Å². The highest BCUT2D eigenvalue weighted by Gasteiger charge is 2.26. The Hall–Kier alpha value is -1.58. The molecule has 0 amide bonds. The molecule has 0 aliphatic rings. The molecule has 1 atom stereocenters. The maximum atomic E-state index is 12.8. The normalized spacial score (nSPS) is 12.3. The van der Waals surface area contributed by atoms with Crippen LogP contribution in [-0.2, 0) is 11.8 Å². The van der Waals surface area contributed by atoms with Crippen LogP contribution in [0.5, 0.6) is 0 Å². The monoisotopic (exact) mass is 447 g/mol. The second kappa shape index (κ2) is 16.1. The molecular formula is C28H49NO3. The van der Waals surface area contributed by atoms with E-state index in [1.165, 1.54) is 83.5 Å². The summed E-state index contributed by atoms with van der Waals surface area (Å²) in [5.74, 6) is -1.30. The van der Waals surface area contributed by atoms with Crippen molar-refractivity contribution in [3.63, 3.8) is 0 Å². The maximum Gasteiger partial charge on any atom is 0.312 e. The largest absolute Gasteiger partial charge is 0.481 e. The minimum atomic E-state index is -0.852. The van der Waals surface area contributed by atoms with Crippen LogP contribution in [0.25, 0.3) is 0 Å². The molecule has 0 radical (unpaired) electrons. The highest BCUT2D eigenvalue weighted by molar-refractivity contribution is 5.99. The first-order valence-electron chi connectivity index (χ1n) is 13.2. The summed E-state index contributed by atoms with van der Waals surface area (Å²) in [4.78, 5) is 24.2. The van der Waals surface area contributed by atoms with Gasteiger partial charge >= 0.3 is 5.97 Å².